The zero-order chi connectivity index (χ0) is 13.3. The molecule has 5 nitrogen and oxygen atoms in total. The molecule has 0 bridgehead atoms. The molecule has 18 heavy (non-hydrogen) atoms. The number of carbonyl (C=O) groups is 2. The molecule has 0 radical (unpaired) electrons. The van der Waals surface area contributed by atoms with Crippen molar-refractivity contribution in [2.75, 3.05) is 0 Å². The quantitative estimate of drug-likeness (QED) is 0.730. The fourth-order valence-electron chi connectivity index (χ4n) is 2.71. The molecule has 0 aromatic carbocycles. The van der Waals surface area contributed by atoms with E-state index in [1.165, 1.54) is 32.0 Å². The van der Waals surface area contributed by atoms with Crippen LogP contribution in [0.15, 0.2) is 5.10 Å². The number of rotatable bonds is 0. The first-order chi connectivity index (χ1) is 8.45. The van der Waals surface area contributed by atoms with Gasteiger partial charge in [0.15, 0.2) is 5.17 Å². The molecule has 1 spiro atoms. The van der Waals surface area contributed by atoms with Gasteiger partial charge >= 0.3 is 0 Å². The third-order valence-corrected chi connectivity index (χ3v) is 5.11. The summed E-state index contributed by atoms with van der Waals surface area (Å²) in [6.07, 6.45) is 4.33. The summed E-state index contributed by atoms with van der Waals surface area (Å²) in [4.78, 5) is 22.6. The molecule has 100 valence electrons. The Bertz CT molecular complexity index is 410. The van der Waals surface area contributed by atoms with Gasteiger partial charge in [-0.15, -0.1) is 5.10 Å². The highest BCUT2D eigenvalue weighted by molar-refractivity contribution is 8.15. The minimum absolute atomic E-state index is 0.0587. The summed E-state index contributed by atoms with van der Waals surface area (Å²) in [6, 6.07) is 0. The lowest BCUT2D eigenvalue weighted by Crippen LogP contribution is -2.49. The zero-order valence-corrected chi connectivity index (χ0v) is 11.8. The summed E-state index contributed by atoms with van der Waals surface area (Å²) in [5, 5.41) is 9.11. The van der Waals surface area contributed by atoms with Gasteiger partial charge < -0.3 is 5.32 Å². The normalized spacial score (nSPS) is 31.4. The number of nitrogens with zero attached hydrogens (tertiary/aromatic N) is 2. The van der Waals surface area contributed by atoms with Crippen LogP contribution in [-0.2, 0) is 9.59 Å². The molecule has 1 aliphatic heterocycles. The van der Waals surface area contributed by atoms with E-state index >= 15 is 0 Å². The van der Waals surface area contributed by atoms with Gasteiger partial charge in [-0.25, -0.2) is 5.01 Å². The summed E-state index contributed by atoms with van der Waals surface area (Å²) in [5.41, 5.74) is 0. The van der Waals surface area contributed by atoms with Gasteiger partial charge in [-0.1, -0.05) is 31.5 Å². The number of hydrogen-bond acceptors (Lipinski definition) is 4. The maximum Gasteiger partial charge on any atom is 0.240 e. The van der Waals surface area contributed by atoms with Crippen molar-refractivity contribution in [3.05, 3.63) is 0 Å². The molecule has 2 amide bonds. The van der Waals surface area contributed by atoms with Crippen LogP contribution < -0.4 is 5.32 Å². The van der Waals surface area contributed by atoms with E-state index in [1.807, 2.05) is 0 Å². The standard InChI is InChI=1S/C12H19N3O2S/c1-8-6-4-5-7-12(8)15(10(3)17)14-11(18-12)13-9(2)16/h8H,4-7H2,1-3H3,(H,13,14,16)/t8-,12+/m0/s1. The van der Waals surface area contributed by atoms with Gasteiger partial charge in [0.2, 0.25) is 11.8 Å². The van der Waals surface area contributed by atoms with Crippen LogP contribution in [0.3, 0.4) is 0 Å². The number of nitrogens with one attached hydrogen (secondary N) is 1. The topological polar surface area (TPSA) is 61.8 Å². The number of hydrogen-bond donors (Lipinski definition) is 1. The van der Waals surface area contributed by atoms with Crippen molar-refractivity contribution in [3.8, 4) is 0 Å². The maximum atomic E-state index is 11.8. The second-order valence-electron chi connectivity index (χ2n) is 5.01. The Balaban J connectivity index is 2.26. The van der Waals surface area contributed by atoms with E-state index in [-0.39, 0.29) is 16.7 Å². The van der Waals surface area contributed by atoms with Crippen LogP contribution in [0.4, 0.5) is 0 Å². The fraction of sp³-hybridized carbons (Fsp3) is 0.750. The number of amidine groups is 1. The highest BCUT2D eigenvalue weighted by Gasteiger charge is 2.50. The summed E-state index contributed by atoms with van der Waals surface area (Å²) in [5.74, 6) is 0.178. The van der Waals surface area contributed by atoms with Gasteiger partial charge in [0.25, 0.3) is 0 Å². The number of hydrazone groups is 1. The zero-order valence-electron chi connectivity index (χ0n) is 11.0. The molecule has 1 N–H and O–H groups in total. The average molecular weight is 269 g/mol. The number of carbonyl (C=O) groups excluding carboxylic acids is 2. The van der Waals surface area contributed by atoms with E-state index in [0.717, 1.165) is 19.3 Å². The smallest absolute Gasteiger partial charge is 0.240 e. The first kappa shape index (κ1) is 13.4. The van der Waals surface area contributed by atoms with Crippen molar-refractivity contribution in [2.24, 2.45) is 11.0 Å². The summed E-state index contributed by atoms with van der Waals surface area (Å²) in [7, 11) is 0. The Morgan fingerprint density at radius 3 is 2.72 bits per heavy atom. The van der Waals surface area contributed by atoms with Crippen LogP contribution in [0.2, 0.25) is 0 Å². The molecule has 2 aliphatic rings. The molecule has 2 atom stereocenters. The van der Waals surface area contributed by atoms with Gasteiger partial charge in [-0.2, -0.15) is 0 Å². The molecule has 2 rings (SSSR count). The molecule has 1 heterocycles. The minimum atomic E-state index is -0.290. The fourth-order valence-corrected chi connectivity index (χ4v) is 4.18. The van der Waals surface area contributed by atoms with Crippen molar-refractivity contribution in [1.29, 1.82) is 0 Å². The number of thioether (sulfide) groups is 1. The first-order valence-electron chi connectivity index (χ1n) is 6.32. The Hall–Kier alpha value is -1.04. The van der Waals surface area contributed by atoms with Crippen molar-refractivity contribution in [2.45, 2.75) is 51.3 Å². The Morgan fingerprint density at radius 1 is 1.44 bits per heavy atom. The summed E-state index contributed by atoms with van der Waals surface area (Å²) >= 11 is 1.53. The Labute approximate surface area is 111 Å². The van der Waals surface area contributed by atoms with Crippen molar-refractivity contribution >= 4 is 28.7 Å². The van der Waals surface area contributed by atoms with E-state index in [0.29, 0.717) is 11.1 Å². The van der Waals surface area contributed by atoms with E-state index < -0.39 is 0 Å². The Morgan fingerprint density at radius 2 is 2.17 bits per heavy atom. The number of amides is 2. The molecule has 1 fully saturated rings. The molecule has 1 aliphatic carbocycles. The van der Waals surface area contributed by atoms with Gasteiger partial charge in [-0.05, 0) is 18.8 Å². The maximum absolute atomic E-state index is 11.8. The van der Waals surface area contributed by atoms with Crippen molar-refractivity contribution < 1.29 is 9.59 Å². The van der Waals surface area contributed by atoms with E-state index in [1.54, 1.807) is 5.01 Å². The van der Waals surface area contributed by atoms with Gasteiger partial charge in [0, 0.05) is 13.8 Å². The lowest BCUT2D eigenvalue weighted by atomic mass is 9.84. The molecule has 6 heteroatoms. The molecule has 0 saturated heterocycles. The van der Waals surface area contributed by atoms with Gasteiger partial charge in [0.1, 0.15) is 4.87 Å². The first-order valence-corrected chi connectivity index (χ1v) is 7.13. The SMILES string of the molecule is CC(=O)NC1=NN(C(C)=O)[C@]2(CCCC[C@@H]2C)S1. The van der Waals surface area contributed by atoms with Crippen LogP contribution in [0, 0.1) is 5.92 Å². The lowest BCUT2D eigenvalue weighted by Gasteiger charge is -2.42. The molecular formula is C12H19N3O2S. The molecule has 0 unspecified atom stereocenters. The van der Waals surface area contributed by atoms with Gasteiger partial charge in [0.05, 0.1) is 0 Å². The molecular weight excluding hydrogens is 250 g/mol. The molecule has 0 aromatic rings. The van der Waals surface area contributed by atoms with Gasteiger partial charge in [-0.3, -0.25) is 9.59 Å². The van der Waals surface area contributed by atoms with Crippen LogP contribution >= 0.6 is 11.8 Å². The monoisotopic (exact) mass is 269 g/mol. The second-order valence-corrected chi connectivity index (χ2v) is 6.31. The summed E-state index contributed by atoms with van der Waals surface area (Å²) < 4.78 is 0. The lowest BCUT2D eigenvalue weighted by molar-refractivity contribution is -0.134. The minimum Gasteiger partial charge on any atom is -0.304 e. The second kappa shape index (κ2) is 4.91. The average Bonchev–Trinajstić information content (AvgIpc) is 2.62. The predicted octanol–water partition coefficient (Wildman–Crippen LogP) is 1.90. The van der Waals surface area contributed by atoms with Crippen LogP contribution in [0.1, 0.15) is 46.5 Å². The van der Waals surface area contributed by atoms with Crippen LogP contribution in [0.25, 0.3) is 0 Å². The molecule has 1 saturated carbocycles. The largest absolute Gasteiger partial charge is 0.304 e. The predicted molar refractivity (Wildman–Crippen MR) is 71.7 cm³/mol. The summed E-state index contributed by atoms with van der Waals surface area (Å²) in [6.45, 7) is 5.15. The third-order valence-electron chi connectivity index (χ3n) is 3.60. The van der Waals surface area contributed by atoms with E-state index in [4.69, 9.17) is 0 Å². The van der Waals surface area contributed by atoms with E-state index in [9.17, 15) is 9.59 Å². The van der Waals surface area contributed by atoms with Crippen LogP contribution in [0.5, 0.6) is 0 Å². The highest BCUT2D eigenvalue weighted by Crippen LogP contribution is 2.50. The highest BCUT2D eigenvalue weighted by atomic mass is 32.2. The van der Waals surface area contributed by atoms with Crippen LogP contribution in [-0.4, -0.2) is 26.9 Å². The van der Waals surface area contributed by atoms with E-state index in [2.05, 4.69) is 17.3 Å². The Kier molecular flexibility index (Phi) is 3.66. The third kappa shape index (κ3) is 2.25. The van der Waals surface area contributed by atoms with Crippen molar-refractivity contribution in [1.82, 2.24) is 10.3 Å². The van der Waals surface area contributed by atoms with Crippen molar-refractivity contribution in [3.63, 3.8) is 0 Å². The molecule has 0 aromatic heterocycles.